The predicted molar refractivity (Wildman–Crippen MR) is 182 cm³/mol. The molecule has 2 fully saturated rings. The summed E-state index contributed by atoms with van der Waals surface area (Å²) in [4.78, 5) is 47.2. The van der Waals surface area contributed by atoms with Gasteiger partial charge in [-0.1, -0.05) is 30.3 Å². The number of amides is 2. The van der Waals surface area contributed by atoms with Crippen LogP contribution in [-0.4, -0.2) is 96.6 Å². The molecule has 242 valence electrons. The number of rotatable bonds is 13. The zero-order valence-electron chi connectivity index (χ0n) is 26.4. The third-order valence-corrected chi connectivity index (χ3v) is 8.70. The summed E-state index contributed by atoms with van der Waals surface area (Å²) in [5.41, 5.74) is 2.87. The van der Waals surface area contributed by atoms with Crippen LogP contribution in [0.3, 0.4) is 0 Å². The Kier molecular flexibility index (Phi) is 11.4. The molecule has 0 bridgehead atoms. The van der Waals surface area contributed by atoms with Gasteiger partial charge in [0.25, 0.3) is 5.91 Å². The molecule has 3 aromatic carbocycles. The Morgan fingerprint density at radius 3 is 2.22 bits per heavy atom. The van der Waals surface area contributed by atoms with Crippen LogP contribution in [0.2, 0.25) is 0 Å². The fourth-order valence-electron chi connectivity index (χ4n) is 5.86. The molecule has 11 heteroatoms. The highest BCUT2D eigenvalue weighted by Gasteiger charge is 2.44. The predicted octanol–water partition coefficient (Wildman–Crippen LogP) is 4.41. The molecule has 2 heterocycles. The number of hydrogen-bond acceptors (Lipinski definition) is 8. The van der Waals surface area contributed by atoms with Gasteiger partial charge in [-0.15, -0.1) is 0 Å². The molecular formula is C35H41N5O5S. The van der Waals surface area contributed by atoms with Crippen molar-refractivity contribution in [1.29, 1.82) is 0 Å². The van der Waals surface area contributed by atoms with Gasteiger partial charge in [-0.25, -0.2) is 4.79 Å². The van der Waals surface area contributed by atoms with Gasteiger partial charge in [0.1, 0.15) is 11.8 Å². The van der Waals surface area contributed by atoms with Crippen LogP contribution in [0.25, 0.3) is 0 Å². The Labute approximate surface area is 275 Å². The normalized spacial score (nSPS) is 17.3. The summed E-state index contributed by atoms with van der Waals surface area (Å²) in [5.74, 6) is -0.305. The lowest BCUT2D eigenvalue weighted by atomic mass is 10.1. The minimum absolute atomic E-state index is 0.0661. The largest absolute Gasteiger partial charge is 0.494 e. The van der Waals surface area contributed by atoms with Gasteiger partial charge in [0.2, 0.25) is 5.91 Å². The standard InChI is InChI=1S/C35H41N5O5S/c1-3-45-30-16-14-29(15-17-30)40-33(42)31(24-32(41)36-28-12-10-27(11-13-28)34(43)44-2)39(35(40)46)19-7-18-37-20-22-38(23-21-37)25-26-8-5-4-6-9-26/h4-6,8-17,31H,3,7,18-25H2,1-2H3,(H,36,41)/t31-/m1/s1. The van der Waals surface area contributed by atoms with Gasteiger partial charge in [0.05, 0.1) is 31.4 Å². The molecule has 0 saturated carbocycles. The molecule has 2 saturated heterocycles. The molecule has 0 aromatic heterocycles. The van der Waals surface area contributed by atoms with Crippen molar-refractivity contribution in [2.24, 2.45) is 0 Å². The van der Waals surface area contributed by atoms with E-state index in [1.54, 1.807) is 24.3 Å². The zero-order chi connectivity index (χ0) is 32.5. The fraction of sp³-hybridized carbons (Fsp3) is 0.371. The number of nitrogens with one attached hydrogen (secondary N) is 1. The van der Waals surface area contributed by atoms with Crippen LogP contribution in [0.5, 0.6) is 5.75 Å². The van der Waals surface area contributed by atoms with E-state index in [0.717, 1.165) is 45.7 Å². The van der Waals surface area contributed by atoms with Crippen molar-refractivity contribution in [2.75, 3.05) is 63.2 Å². The van der Waals surface area contributed by atoms with Gasteiger partial charge < -0.3 is 24.6 Å². The van der Waals surface area contributed by atoms with Gasteiger partial charge in [-0.2, -0.15) is 0 Å². The van der Waals surface area contributed by atoms with E-state index in [4.69, 9.17) is 21.7 Å². The van der Waals surface area contributed by atoms with E-state index in [-0.39, 0.29) is 18.2 Å². The molecule has 10 nitrogen and oxygen atoms in total. The first-order valence-corrected chi connectivity index (χ1v) is 16.1. The number of benzene rings is 3. The zero-order valence-corrected chi connectivity index (χ0v) is 27.2. The number of carbonyl (C=O) groups excluding carboxylic acids is 3. The number of anilines is 2. The highest BCUT2D eigenvalue weighted by atomic mass is 32.1. The third-order valence-electron chi connectivity index (χ3n) is 8.28. The quantitative estimate of drug-likeness (QED) is 0.215. The monoisotopic (exact) mass is 643 g/mol. The molecular weight excluding hydrogens is 602 g/mol. The van der Waals surface area contributed by atoms with E-state index in [0.29, 0.717) is 41.0 Å². The second-order valence-electron chi connectivity index (χ2n) is 11.4. The van der Waals surface area contributed by atoms with Gasteiger partial charge in [0.15, 0.2) is 5.11 Å². The smallest absolute Gasteiger partial charge is 0.337 e. The summed E-state index contributed by atoms with van der Waals surface area (Å²) in [6.07, 6.45) is 0.736. The lowest BCUT2D eigenvalue weighted by molar-refractivity contribution is -0.124. The first-order valence-electron chi connectivity index (χ1n) is 15.7. The van der Waals surface area contributed by atoms with Crippen molar-refractivity contribution in [3.63, 3.8) is 0 Å². The van der Waals surface area contributed by atoms with E-state index >= 15 is 0 Å². The molecule has 3 aromatic rings. The van der Waals surface area contributed by atoms with Crippen molar-refractivity contribution in [1.82, 2.24) is 14.7 Å². The Balaban J connectivity index is 1.21. The van der Waals surface area contributed by atoms with E-state index in [2.05, 4.69) is 39.4 Å². The maximum atomic E-state index is 13.8. The number of hydrogen-bond donors (Lipinski definition) is 1. The van der Waals surface area contributed by atoms with Crippen LogP contribution in [0.15, 0.2) is 78.9 Å². The SMILES string of the molecule is CCOc1ccc(N2C(=O)[C@@H](CC(=O)Nc3ccc(C(=O)OC)cc3)N(CCCN3CCN(Cc4ccccc4)CC3)C2=S)cc1. The van der Waals surface area contributed by atoms with Crippen LogP contribution >= 0.6 is 12.2 Å². The lowest BCUT2D eigenvalue weighted by Crippen LogP contribution is -2.47. The van der Waals surface area contributed by atoms with E-state index < -0.39 is 12.0 Å². The average Bonchev–Trinajstić information content (AvgIpc) is 3.30. The Morgan fingerprint density at radius 2 is 1.57 bits per heavy atom. The van der Waals surface area contributed by atoms with Crippen LogP contribution < -0.4 is 15.0 Å². The van der Waals surface area contributed by atoms with Crippen molar-refractivity contribution in [3.8, 4) is 5.75 Å². The number of piperazine rings is 1. The molecule has 0 unspecified atom stereocenters. The average molecular weight is 644 g/mol. The van der Waals surface area contributed by atoms with Crippen LogP contribution in [0.1, 0.15) is 35.7 Å². The van der Waals surface area contributed by atoms with Crippen molar-refractivity contribution >= 4 is 46.5 Å². The lowest BCUT2D eigenvalue weighted by Gasteiger charge is -2.35. The molecule has 46 heavy (non-hydrogen) atoms. The van der Waals surface area contributed by atoms with E-state index in [1.165, 1.54) is 17.6 Å². The minimum Gasteiger partial charge on any atom is -0.494 e. The second-order valence-corrected chi connectivity index (χ2v) is 11.7. The molecule has 1 N–H and O–H groups in total. The maximum Gasteiger partial charge on any atom is 0.337 e. The molecule has 0 aliphatic carbocycles. The van der Waals surface area contributed by atoms with Crippen LogP contribution in [0, 0.1) is 0 Å². The molecule has 2 aliphatic heterocycles. The van der Waals surface area contributed by atoms with E-state index in [1.807, 2.05) is 42.2 Å². The number of thiocarbonyl (C=S) groups is 1. The maximum absolute atomic E-state index is 13.8. The van der Waals surface area contributed by atoms with Crippen molar-refractivity contribution in [3.05, 3.63) is 90.0 Å². The fourth-order valence-corrected chi connectivity index (χ4v) is 6.27. The first kappa shape index (κ1) is 33.1. The summed E-state index contributed by atoms with van der Waals surface area (Å²) in [6.45, 7) is 8.81. The molecule has 2 amide bonds. The van der Waals surface area contributed by atoms with E-state index in [9.17, 15) is 14.4 Å². The first-order chi connectivity index (χ1) is 22.4. The summed E-state index contributed by atoms with van der Waals surface area (Å²) < 4.78 is 10.3. The van der Waals surface area contributed by atoms with Crippen molar-refractivity contribution < 1.29 is 23.9 Å². The number of methoxy groups -OCH3 is 1. The number of ether oxygens (including phenoxy) is 2. The minimum atomic E-state index is -0.740. The Hall–Kier alpha value is -4.32. The highest BCUT2D eigenvalue weighted by Crippen LogP contribution is 2.29. The van der Waals surface area contributed by atoms with Gasteiger partial charge in [-0.05, 0) is 86.2 Å². The number of nitrogens with zero attached hydrogens (tertiary/aromatic N) is 4. The second kappa shape index (κ2) is 15.8. The number of esters is 1. The summed E-state index contributed by atoms with van der Waals surface area (Å²) in [7, 11) is 1.32. The molecule has 0 spiro atoms. The Morgan fingerprint density at radius 1 is 0.891 bits per heavy atom. The van der Waals surface area contributed by atoms with Crippen molar-refractivity contribution in [2.45, 2.75) is 32.4 Å². The van der Waals surface area contributed by atoms with Gasteiger partial charge >= 0.3 is 5.97 Å². The van der Waals surface area contributed by atoms with Gasteiger partial charge in [-0.3, -0.25) is 19.4 Å². The Bertz CT molecular complexity index is 1490. The summed E-state index contributed by atoms with van der Waals surface area (Å²) in [6, 6.07) is 23.5. The summed E-state index contributed by atoms with van der Waals surface area (Å²) >= 11 is 5.87. The molecule has 2 aliphatic rings. The third kappa shape index (κ3) is 8.28. The number of carbonyl (C=O) groups is 3. The summed E-state index contributed by atoms with van der Waals surface area (Å²) in [5, 5.41) is 3.24. The van der Waals surface area contributed by atoms with Crippen LogP contribution in [0.4, 0.5) is 11.4 Å². The van der Waals surface area contributed by atoms with Gasteiger partial charge in [0, 0.05) is 45.0 Å². The molecule has 0 radical (unpaired) electrons. The topological polar surface area (TPSA) is 94.7 Å². The molecule has 5 rings (SSSR count). The molecule has 1 atom stereocenters. The van der Waals surface area contributed by atoms with Crippen LogP contribution in [-0.2, 0) is 20.9 Å². The highest BCUT2D eigenvalue weighted by molar-refractivity contribution is 7.80.